The second-order valence-corrected chi connectivity index (χ2v) is 7.23. The molecule has 25 heavy (non-hydrogen) atoms. The van der Waals surface area contributed by atoms with E-state index in [0.29, 0.717) is 19.1 Å². The van der Waals surface area contributed by atoms with Crippen LogP contribution in [0.3, 0.4) is 0 Å². The van der Waals surface area contributed by atoms with Crippen LogP contribution in [0.4, 0.5) is 4.79 Å². The molecule has 2 saturated heterocycles. The molecule has 138 valence electrons. The number of urea groups is 1. The van der Waals surface area contributed by atoms with E-state index in [-0.39, 0.29) is 11.6 Å². The first-order chi connectivity index (χ1) is 12.1. The number of aromatic nitrogens is 1. The summed E-state index contributed by atoms with van der Waals surface area (Å²) in [4.78, 5) is 28.7. The molecule has 1 N–H and O–H groups in total. The molecule has 2 amide bonds. The number of nitrogens with one attached hydrogen (secondary N) is 1. The van der Waals surface area contributed by atoms with Crippen molar-refractivity contribution in [1.29, 1.82) is 0 Å². The van der Waals surface area contributed by atoms with E-state index in [2.05, 4.69) is 10.2 Å². The van der Waals surface area contributed by atoms with Gasteiger partial charge >= 0.3 is 6.03 Å². The van der Waals surface area contributed by atoms with Crippen LogP contribution in [0.1, 0.15) is 37.8 Å². The molecule has 3 rings (SSSR count). The van der Waals surface area contributed by atoms with E-state index >= 15 is 0 Å². The number of piperidine rings is 1. The Bertz CT molecular complexity index is 637. The summed E-state index contributed by atoms with van der Waals surface area (Å²) in [5, 5.41) is 3.01. The molecule has 0 unspecified atom stereocenters. The molecule has 6 heteroatoms. The summed E-state index contributed by atoms with van der Waals surface area (Å²) in [7, 11) is 0. The SMILES string of the molecule is Cc1cccc(=O)n1CCCNC(=O)N1CC[C@@H](N2CCCCC2)C1. The van der Waals surface area contributed by atoms with Gasteiger partial charge in [-0.1, -0.05) is 12.5 Å². The maximum atomic E-state index is 12.3. The summed E-state index contributed by atoms with van der Waals surface area (Å²) in [6, 6.07) is 5.87. The Morgan fingerprint density at radius 1 is 1.20 bits per heavy atom. The Kier molecular flexibility index (Phi) is 6.13. The van der Waals surface area contributed by atoms with Crippen LogP contribution in [0.25, 0.3) is 0 Å². The van der Waals surface area contributed by atoms with Crippen molar-refractivity contribution in [3.05, 3.63) is 34.2 Å². The molecule has 0 aliphatic carbocycles. The van der Waals surface area contributed by atoms with Crippen molar-refractivity contribution >= 4 is 6.03 Å². The molecule has 1 atom stereocenters. The first-order valence-electron chi connectivity index (χ1n) is 9.58. The van der Waals surface area contributed by atoms with Gasteiger partial charge in [0.1, 0.15) is 0 Å². The number of likely N-dealkylation sites (tertiary alicyclic amines) is 2. The molecule has 1 aromatic heterocycles. The Morgan fingerprint density at radius 2 is 2.00 bits per heavy atom. The number of pyridine rings is 1. The van der Waals surface area contributed by atoms with Crippen molar-refractivity contribution in [3.63, 3.8) is 0 Å². The lowest BCUT2D eigenvalue weighted by molar-refractivity contribution is 0.161. The van der Waals surface area contributed by atoms with Crippen LogP contribution in [0.5, 0.6) is 0 Å². The van der Waals surface area contributed by atoms with Gasteiger partial charge in [-0.3, -0.25) is 9.69 Å². The van der Waals surface area contributed by atoms with Crippen LogP contribution in [-0.4, -0.2) is 59.2 Å². The van der Waals surface area contributed by atoms with Gasteiger partial charge in [-0.05, 0) is 51.8 Å². The maximum Gasteiger partial charge on any atom is 0.317 e. The molecule has 2 aliphatic heterocycles. The minimum atomic E-state index is 0.0234. The van der Waals surface area contributed by atoms with Crippen molar-refractivity contribution < 1.29 is 4.79 Å². The number of amides is 2. The summed E-state index contributed by atoms with van der Waals surface area (Å²) >= 11 is 0. The molecule has 1 aromatic rings. The smallest absolute Gasteiger partial charge is 0.317 e. The summed E-state index contributed by atoms with van der Waals surface area (Å²) in [6.45, 7) is 7.25. The third-order valence-corrected chi connectivity index (χ3v) is 5.46. The number of hydrogen-bond donors (Lipinski definition) is 1. The second-order valence-electron chi connectivity index (χ2n) is 7.23. The first-order valence-corrected chi connectivity index (χ1v) is 9.58. The van der Waals surface area contributed by atoms with E-state index in [9.17, 15) is 9.59 Å². The number of aryl methyl sites for hydroxylation is 1. The van der Waals surface area contributed by atoms with Gasteiger partial charge in [0.25, 0.3) is 5.56 Å². The third-order valence-electron chi connectivity index (χ3n) is 5.46. The average molecular weight is 346 g/mol. The fraction of sp³-hybridized carbons (Fsp3) is 0.684. The predicted octanol–water partition coefficient (Wildman–Crippen LogP) is 1.82. The fourth-order valence-electron chi connectivity index (χ4n) is 3.96. The molecule has 6 nitrogen and oxygen atoms in total. The zero-order valence-corrected chi connectivity index (χ0v) is 15.2. The van der Waals surface area contributed by atoms with Crippen LogP contribution >= 0.6 is 0 Å². The highest BCUT2D eigenvalue weighted by atomic mass is 16.2. The van der Waals surface area contributed by atoms with Crippen molar-refractivity contribution in [2.75, 3.05) is 32.7 Å². The van der Waals surface area contributed by atoms with Gasteiger partial charge in [-0.15, -0.1) is 0 Å². The molecule has 0 aromatic carbocycles. The molecule has 0 radical (unpaired) electrons. The van der Waals surface area contributed by atoms with E-state index in [1.165, 1.54) is 32.4 Å². The predicted molar refractivity (Wildman–Crippen MR) is 98.9 cm³/mol. The van der Waals surface area contributed by atoms with Gasteiger partial charge in [0.05, 0.1) is 0 Å². The molecule has 3 heterocycles. The van der Waals surface area contributed by atoms with Crippen LogP contribution in [0, 0.1) is 6.92 Å². The normalized spacial score (nSPS) is 21.5. The highest BCUT2D eigenvalue weighted by Crippen LogP contribution is 2.20. The van der Waals surface area contributed by atoms with Gasteiger partial charge in [0.15, 0.2) is 0 Å². The van der Waals surface area contributed by atoms with E-state index in [0.717, 1.165) is 31.6 Å². The minimum absolute atomic E-state index is 0.0234. The quantitative estimate of drug-likeness (QED) is 0.828. The Balaban J connectivity index is 1.39. The van der Waals surface area contributed by atoms with Crippen molar-refractivity contribution in [2.24, 2.45) is 0 Å². The highest BCUT2D eigenvalue weighted by Gasteiger charge is 2.30. The van der Waals surface area contributed by atoms with E-state index < -0.39 is 0 Å². The molecular formula is C19H30N4O2. The largest absolute Gasteiger partial charge is 0.338 e. The Hall–Kier alpha value is -1.82. The molecule has 2 aliphatic rings. The lowest BCUT2D eigenvalue weighted by Crippen LogP contribution is -2.44. The van der Waals surface area contributed by atoms with Crippen LogP contribution in [0.2, 0.25) is 0 Å². The van der Waals surface area contributed by atoms with E-state index in [1.54, 1.807) is 16.7 Å². The van der Waals surface area contributed by atoms with Crippen molar-refractivity contribution in [3.8, 4) is 0 Å². The Morgan fingerprint density at radius 3 is 2.76 bits per heavy atom. The monoisotopic (exact) mass is 346 g/mol. The van der Waals surface area contributed by atoms with Crippen molar-refractivity contribution in [1.82, 2.24) is 19.7 Å². The molecule has 2 fully saturated rings. The number of nitrogens with zero attached hydrogens (tertiary/aromatic N) is 3. The topological polar surface area (TPSA) is 57.6 Å². The summed E-state index contributed by atoms with van der Waals surface area (Å²) in [5.74, 6) is 0. The second kappa shape index (κ2) is 8.52. The summed E-state index contributed by atoms with van der Waals surface area (Å²) in [6.07, 6.45) is 5.78. The lowest BCUT2D eigenvalue weighted by atomic mass is 10.1. The van der Waals surface area contributed by atoms with Gasteiger partial charge in [0, 0.05) is 44.0 Å². The maximum absolute atomic E-state index is 12.3. The van der Waals surface area contributed by atoms with Crippen LogP contribution < -0.4 is 10.9 Å². The average Bonchev–Trinajstić information content (AvgIpc) is 3.11. The lowest BCUT2D eigenvalue weighted by Gasteiger charge is -2.32. The molecule has 0 saturated carbocycles. The van der Waals surface area contributed by atoms with Gasteiger partial charge in [-0.2, -0.15) is 0 Å². The Labute approximate surface area is 149 Å². The molecule has 0 bridgehead atoms. The third kappa shape index (κ3) is 4.63. The first kappa shape index (κ1) is 18.0. The van der Waals surface area contributed by atoms with Crippen molar-refractivity contribution in [2.45, 2.75) is 51.6 Å². The van der Waals surface area contributed by atoms with E-state index in [1.807, 2.05) is 17.9 Å². The highest BCUT2D eigenvalue weighted by molar-refractivity contribution is 5.74. The molecule has 0 spiro atoms. The van der Waals surface area contributed by atoms with Crippen LogP contribution in [0.15, 0.2) is 23.0 Å². The number of rotatable bonds is 5. The van der Waals surface area contributed by atoms with Gasteiger partial charge in [0.2, 0.25) is 0 Å². The summed E-state index contributed by atoms with van der Waals surface area (Å²) < 4.78 is 1.76. The summed E-state index contributed by atoms with van der Waals surface area (Å²) in [5.41, 5.74) is 0.984. The zero-order chi connectivity index (χ0) is 17.6. The minimum Gasteiger partial charge on any atom is -0.338 e. The number of carbonyl (C=O) groups excluding carboxylic acids is 1. The van der Waals surface area contributed by atoms with Gasteiger partial charge < -0.3 is 14.8 Å². The zero-order valence-electron chi connectivity index (χ0n) is 15.2. The van der Waals surface area contributed by atoms with E-state index in [4.69, 9.17) is 0 Å². The fourth-order valence-corrected chi connectivity index (χ4v) is 3.96. The standard InChI is InChI=1S/C19H30N4O2/c1-16-7-5-8-18(24)23(16)13-6-10-20-19(25)22-14-9-17(15-22)21-11-3-2-4-12-21/h5,7-8,17H,2-4,6,9-15H2,1H3,(H,20,25)/t17-/m1/s1. The number of hydrogen-bond acceptors (Lipinski definition) is 3. The van der Waals surface area contributed by atoms with Gasteiger partial charge in [-0.25, -0.2) is 4.79 Å². The van der Waals surface area contributed by atoms with Crippen LogP contribution in [-0.2, 0) is 6.54 Å². The molecular weight excluding hydrogens is 316 g/mol. The number of carbonyl (C=O) groups is 1.